The average Bonchev–Trinajstić information content (AvgIpc) is 2.27. The minimum Gasteiger partial charge on any atom is -0.446 e. The van der Waals surface area contributed by atoms with Crippen LogP contribution in [0.3, 0.4) is 0 Å². The Labute approximate surface area is 105 Å². The van der Waals surface area contributed by atoms with Gasteiger partial charge in [-0.1, -0.05) is 0 Å². The average molecular weight is 252 g/mol. The molecule has 0 atom stereocenters. The first-order valence-electron chi connectivity index (χ1n) is 5.58. The van der Waals surface area contributed by atoms with E-state index in [1.807, 2.05) is 32.0 Å². The monoisotopic (exact) mass is 252 g/mol. The van der Waals surface area contributed by atoms with Crippen molar-refractivity contribution in [3.63, 3.8) is 0 Å². The Morgan fingerprint density at radius 2 is 2.29 bits per heavy atom. The second-order valence-corrected chi connectivity index (χ2v) is 5.30. The molecule has 1 heterocycles. The summed E-state index contributed by atoms with van der Waals surface area (Å²) in [5.41, 5.74) is 7.27. The number of carbonyl (C=O) groups excluding carboxylic acids is 1. The third-order valence-corrected chi connectivity index (χ3v) is 3.45. The maximum Gasteiger partial charge on any atom is 0.414 e. The van der Waals surface area contributed by atoms with Gasteiger partial charge in [0.05, 0.1) is 11.8 Å². The minimum atomic E-state index is -0.299. The molecule has 1 aromatic carbocycles. The third kappa shape index (κ3) is 2.66. The van der Waals surface area contributed by atoms with Crippen LogP contribution in [0.5, 0.6) is 0 Å². The number of anilines is 2. The first-order chi connectivity index (χ1) is 8.08. The van der Waals surface area contributed by atoms with E-state index in [4.69, 9.17) is 10.5 Å². The number of benzene rings is 1. The van der Waals surface area contributed by atoms with Crippen LogP contribution in [-0.2, 0) is 4.74 Å². The molecule has 5 heteroatoms. The Kier molecular flexibility index (Phi) is 3.47. The van der Waals surface area contributed by atoms with Crippen molar-refractivity contribution in [3.05, 3.63) is 18.2 Å². The molecule has 1 aliphatic heterocycles. The number of hydrogen-bond donors (Lipinski definition) is 1. The zero-order valence-electron chi connectivity index (χ0n) is 9.97. The van der Waals surface area contributed by atoms with Gasteiger partial charge in [0.1, 0.15) is 0 Å². The summed E-state index contributed by atoms with van der Waals surface area (Å²) < 4.78 is 5.22. The fourth-order valence-electron chi connectivity index (χ4n) is 1.69. The van der Waals surface area contributed by atoms with Crippen molar-refractivity contribution in [1.29, 1.82) is 0 Å². The highest BCUT2D eigenvalue weighted by Crippen LogP contribution is 2.36. The van der Waals surface area contributed by atoms with Gasteiger partial charge in [-0.2, -0.15) is 0 Å². The largest absolute Gasteiger partial charge is 0.446 e. The summed E-state index contributed by atoms with van der Waals surface area (Å²) in [6, 6.07) is 5.62. The molecular weight excluding hydrogens is 236 g/mol. The summed E-state index contributed by atoms with van der Waals surface area (Å²) in [7, 11) is 0. The van der Waals surface area contributed by atoms with Gasteiger partial charge >= 0.3 is 6.09 Å². The molecule has 1 aromatic rings. The summed E-state index contributed by atoms with van der Waals surface area (Å²) in [6.45, 7) is 4.35. The number of fused-ring (bicyclic) bond motifs is 1. The van der Waals surface area contributed by atoms with Gasteiger partial charge in [0.15, 0.2) is 0 Å². The number of thioether (sulfide) groups is 1. The number of amides is 1. The molecule has 92 valence electrons. The zero-order valence-corrected chi connectivity index (χ0v) is 10.8. The molecule has 0 bridgehead atoms. The Hall–Kier alpha value is -1.36. The summed E-state index contributed by atoms with van der Waals surface area (Å²) in [6.07, 6.45) is -0.409. The number of carbonyl (C=O) groups is 1. The van der Waals surface area contributed by atoms with Gasteiger partial charge in [-0.3, -0.25) is 4.90 Å². The van der Waals surface area contributed by atoms with E-state index >= 15 is 0 Å². The number of hydrogen-bond acceptors (Lipinski definition) is 4. The van der Waals surface area contributed by atoms with Gasteiger partial charge < -0.3 is 10.5 Å². The van der Waals surface area contributed by atoms with E-state index in [9.17, 15) is 4.79 Å². The minimum absolute atomic E-state index is 0.110. The van der Waals surface area contributed by atoms with Crippen LogP contribution in [0.1, 0.15) is 13.8 Å². The number of nitrogens with two attached hydrogens (primary N) is 1. The summed E-state index contributed by atoms with van der Waals surface area (Å²) in [4.78, 5) is 14.7. The number of nitrogen functional groups attached to an aromatic ring is 1. The van der Waals surface area contributed by atoms with Crippen LogP contribution < -0.4 is 10.6 Å². The quantitative estimate of drug-likeness (QED) is 0.781. The zero-order chi connectivity index (χ0) is 12.4. The van der Waals surface area contributed by atoms with Gasteiger partial charge in [0, 0.05) is 22.9 Å². The Balaban J connectivity index is 2.27. The summed E-state index contributed by atoms with van der Waals surface area (Å²) in [5, 5.41) is 0. The second-order valence-electron chi connectivity index (χ2n) is 4.16. The first kappa shape index (κ1) is 12.1. The van der Waals surface area contributed by atoms with Crippen molar-refractivity contribution in [3.8, 4) is 0 Å². The van der Waals surface area contributed by atoms with Crippen LogP contribution in [0.15, 0.2) is 23.1 Å². The molecule has 0 spiro atoms. The molecule has 2 N–H and O–H groups in total. The van der Waals surface area contributed by atoms with E-state index in [1.165, 1.54) is 0 Å². The SMILES string of the molecule is CC(C)OC(=O)N1CCSc2ccc(N)cc21. The lowest BCUT2D eigenvalue weighted by Gasteiger charge is -2.29. The first-order valence-corrected chi connectivity index (χ1v) is 6.57. The van der Waals surface area contributed by atoms with Crippen molar-refractivity contribution >= 4 is 29.2 Å². The fourth-order valence-corrected chi connectivity index (χ4v) is 2.66. The molecule has 0 fully saturated rings. The Morgan fingerprint density at radius 3 is 3.00 bits per heavy atom. The predicted molar refractivity (Wildman–Crippen MR) is 70.5 cm³/mol. The summed E-state index contributed by atoms with van der Waals surface area (Å²) in [5.74, 6) is 0.879. The summed E-state index contributed by atoms with van der Waals surface area (Å²) >= 11 is 1.73. The van der Waals surface area contributed by atoms with E-state index < -0.39 is 0 Å². The van der Waals surface area contributed by atoms with E-state index in [-0.39, 0.29) is 12.2 Å². The Morgan fingerprint density at radius 1 is 1.53 bits per heavy atom. The van der Waals surface area contributed by atoms with Crippen LogP contribution >= 0.6 is 11.8 Å². The van der Waals surface area contributed by atoms with E-state index in [2.05, 4.69) is 0 Å². The molecule has 4 nitrogen and oxygen atoms in total. The number of nitrogens with zero attached hydrogens (tertiary/aromatic N) is 1. The van der Waals surface area contributed by atoms with Crippen molar-refractivity contribution in [2.75, 3.05) is 22.9 Å². The van der Waals surface area contributed by atoms with Crippen LogP contribution in [0.4, 0.5) is 16.2 Å². The van der Waals surface area contributed by atoms with E-state index in [0.29, 0.717) is 12.2 Å². The molecule has 0 aromatic heterocycles. The number of ether oxygens (including phenoxy) is 1. The molecule has 1 aliphatic rings. The lowest BCUT2D eigenvalue weighted by molar-refractivity contribution is 0.122. The molecule has 0 unspecified atom stereocenters. The van der Waals surface area contributed by atoms with Crippen molar-refractivity contribution in [1.82, 2.24) is 0 Å². The van der Waals surface area contributed by atoms with Gasteiger partial charge in [0.2, 0.25) is 0 Å². The van der Waals surface area contributed by atoms with Crippen molar-refractivity contribution < 1.29 is 9.53 Å². The van der Waals surface area contributed by atoms with E-state index in [1.54, 1.807) is 16.7 Å². The maximum absolute atomic E-state index is 11.9. The molecule has 17 heavy (non-hydrogen) atoms. The second kappa shape index (κ2) is 4.87. The highest BCUT2D eigenvalue weighted by atomic mass is 32.2. The molecule has 1 amide bonds. The fraction of sp³-hybridized carbons (Fsp3) is 0.417. The molecule has 2 rings (SSSR count). The van der Waals surface area contributed by atoms with Crippen LogP contribution in [0.25, 0.3) is 0 Å². The van der Waals surface area contributed by atoms with Crippen molar-refractivity contribution in [2.45, 2.75) is 24.8 Å². The van der Waals surface area contributed by atoms with Crippen LogP contribution in [0.2, 0.25) is 0 Å². The molecular formula is C12H16N2O2S. The van der Waals surface area contributed by atoms with Crippen LogP contribution in [0, 0.1) is 0 Å². The predicted octanol–water partition coefficient (Wildman–Crippen LogP) is 2.73. The molecule has 0 radical (unpaired) electrons. The van der Waals surface area contributed by atoms with E-state index in [0.717, 1.165) is 16.3 Å². The van der Waals surface area contributed by atoms with Crippen LogP contribution in [-0.4, -0.2) is 24.5 Å². The molecule has 0 aliphatic carbocycles. The topological polar surface area (TPSA) is 55.6 Å². The van der Waals surface area contributed by atoms with Gasteiger partial charge in [-0.05, 0) is 32.0 Å². The highest BCUT2D eigenvalue weighted by Gasteiger charge is 2.24. The van der Waals surface area contributed by atoms with Crippen molar-refractivity contribution in [2.24, 2.45) is 0 Å². The molecule has 0 saturated heterocycles. The Bertz CT molecular complexity index is 435. The number of rotatable bonds is 1. The lowest BCUT2D eigenvalue weighted by atomic mass is 10.2. The normalized spacial score (nSPS) is 14.6. The lowest BCUT2D eigenvalue weighted by Crippen LogP contribution is -2.37. The smallest absolute Gasteiger partial charge is 0.414 e. The van der Waals surface area contributed by atoms with Gasteiger partial charge in [-0.25, -0.2) is 4.79 Å². The van der Waals surface area contributed by atoms with Gasteiger partial charge in [0.25, 0.3) is 0 Å². The maximum atomic E-state index is 11.9. The third-order valence-electron chi connectivity index (χ3n) is 2.40. The highest BCUT2D eigenvalue weighted by molar-refractivity contribution is 7.99. The van der Waals surface area contributed by atoms with Gasteiger partial charge in [-0.15, -0.1) is 11.8 Å². The molecule has 0 saturated carbocycles. The standard InChI is InChI=1S/C12H16N2O2S/c1-8(2)16-12(15)14-5-6-17-11-4-3-9(13)7-10(11)14/h3-4,7-8H,5-6,13H2,1-2H3.